The highest BCUT2D eigenvalue weighted by molar-refractivity contribution is 5.87. The minimum absolute atomic E-state index is 0.0439. The zero-order valence-corrected chi connectivity index (χ0v) is 15.4. The van der Waals surface area contributed by atoms with Gasteiger partial charge in [0.2, 0.25) is 6.29 Å². The molecule has 2 heterocycles. The van der Waals surface area contributed by atoms with Crippen molar-refractivity contribution in [3.63, 3.8) is 0 Å². The van der Waals surface area contributed by atoms with E-state index in [1.165, 1.54) is 0 Å². The second-order valence-electron chi connectivity index (χ2n) is 7.35. The van der Waals surface area contributed by atoms with Crippen LogP contribution in [0.1, 0.15) is 32.6 Å². The van der Waals surface area contributed by atoms with Crippen molar-refractivity contribution >= 4 is 5.78 Å². The first-order chi connectivity index (χ1) is 12.4. The number of hydrogen-bond donors (Lipinski definition) is 5. The van der Waals surface area contributed by atoms with Gasteiger partial charge < -0.3 is 40.2 Å². The van der Waals surface area contributed by atoms with Gasteiger partial charge in [-0.05, 0) is 20.5 Å². The maximum absolute atomic E-state index is 12.6. The number of Topliss-reactive ketones (excluding diaryl/α,β-unsaturated/α-hetero) is 1. The third-order valence-electron chi connectivity index (χ3n) is 5.71. The molecule has 3 fully saturated rings. The minimum Gasteiger partial charge on any atom is -0.390 e. The lowest BCUT2D eigenvalue weighted by Crippen LogP contribution is -2.77. The molecule has 26 heavy (non-hydrogen) atoms. The average molecular weight is 374 g/mol. The fourth-order valence-corrected chi connectivity index (χ4v) is 4.19. The summed E-state index contributed by atoms with van der Waals surface area (Å²) in [6.45, 7) is 2.05. The summed E-state index contributed by atoms with van der Waals surface area (Å²) in [5, 5.41) is 37.8. The molecular weight excluding hydrogens is 344 g/mol. The summed E-state index contributed by atoms with van der Waals surface area (Å²) in [5.74, 6) is -2.73. The molecule has 9 nitrogen and oxygen atoms in total. The van der Waals surface area contributed by atoms with Crippen molar-refractivity contribution < 1.29 is 34.3 Å². The fraction of sp³-hybridized carbons (Fsp3) is 0.941. The Kier molecular flexibility index (Phi) is 6.00. The predicted molar refractivity (Wildman–Crippen MR) is 90.2 cm³/mol. The van der Waals surface area contributed by atoms with Crippen LogP contribution >= 0.6 is 0 Å². The first-order valence-corrected chi connectivity index (χ1v) is 9.32. The van der Waals surface area contributed by atoms with Crippen LogP contribution in [0.4, 0.5) is 0 Å². The summed E-state index contributed by atoms with van der Waals surface area (Å²) in [6, 6.07) is -1.30. The van der Waals surface area contributed by atoms with Crippen molar-refractivity contribution in [2.45, 2.75) is 87.3 Å². The molecule has 2 saturated heterocycles. The van der Waals surface area contributed by atoms with Gasteiger partial charge in [0.15, 0.2) is 5.78 Å². The summed E-state index contributed by atoms with van der Waals surface area (Å²) < 4.78 is 17.4. The number of unbranched alkanes of at least 4 members (excludes halogenated alkanes) is 1. The Balaban J connectivity index is 1.84. The quantitative estimate of drug-likeness (QED) is 0.380. The first kappa shape index (κ1) is 20.1. The molecule has 150 valence electrons. The van der Waals surface area contributed by atoms with Crippen LogP contribution in [-0.4, -0.2) is 89.9 Å². The highest BCUT2D eigenvalue weighted by Crippen LogP contribution is 2.40. The van der Waals surface area contributed by atoms with Crippen LogP contribution in [0.3, 0.4) is 0 Å². The molecule has 0 aromatic heterocycles. The van der Waals surface area contributed by atoms with Crippen LogP contribution < -0.4 is 10.6 Å². The monoisotopic (exact) mass is 374 g/mol. The van der Waals surface area contributed by atoms with Crippen LogP contribution in [-0.2, 0) is 19.0 Å². The summed E-state index contributed by atoms with van der Waals surface area (Å²) in [5.41, 5.74) is 0. The summed E-state index contributed by atoms with van der Waals surface area (Å²) >= 11 is 0. The Bertz CT molecular complexity index is 521. The zero-order chi connectivity index (χ0) is 19.1. The molecule has 0 aromatic rings. The number of carbonyl (C=O) groups excluding carboxylic acids is 1. The number of nitrogens with one attached hydrogen (secondary N) is 2. The topological polar surface area (TPSA) is 130 Å². The summed E-state index contributed by atoms with van der Waals surface area (Å²) in [6.07, 6.45) is -2.92. The number of rotatable bonds is 5. The SMILES string of the molecule is CCCCC1CC(=O)[C@]2(O)OC3C(NC)C(O)C(NC)C(O)C3OC2O1. The van der Waals surface area contributed by atoms with E-state index in [4.69, 9.17) is 14.2 Å². The lowest BCUT2D eigenvalue weighted by Gasteiger charge is -2.55. The van der Waals surface area contributed by atoms with E-state index in [2.05, 4.69) is 10.6 Å². The molecule has 0 radical (unpaired) electrons. The Labute approximate surface area is 153 Å². The van der Waals surface area contributed by atoms with E-state index in [0.717, 1.165) is 12.8 Å². The molecule has 0 bridgehead atoms. The van der Waals surface area contributed by atoms with Gasteiger partial charge in [-0.25, -0.2) is 0 Å². The van der Waals surface area contributed by atoms with Crippen molar-refractivity contribution in [2.24, 2.45) is 0 Å². The van der Waals surface area contributed by atoms with Crippen molar-refractivity contribution in [1.82, 2.24) is 10.6 Å². The van der Waals surface area contributed by atoms with Gasteiger partial charge in [-0.2, -0.15) is 0 Å². The number of aliphatic hydroxyl groups excluding tert-OH is 2. The largest absolute Gasteiger partial charge is 0.390 e. The number of ether oxygens (including phenoxy) is 3. The van der Waals surface area contributed by atoms with Crippen LogP contribution in [0.25, 0.3) is 0 Å². The van der Waals surface area contributed by atoms with E-state index in [0.29, 0.717) is 6.42 Å². The molecule has 1 saturated carbocycles. The molecule has 3 rings (SSSR count). The Hall–Kier alpha value is -0.650. The molecule has 0 aromatic carbocycles. The number of hydrogen-bond acceptors (Lipinski definition) is 9. The molecule has 2 aliphatic heterocycles. The number of aliphatic hydroxyl groups is 3. The summed E-state index contributed by atoms with van der Waals surface area (Å²) in [7, 11) is 3.26. The molecule has 9 heteroatoms. The van der Waals surface area contributed by atoms with E-state index in [9.17, 15) is 20.1 Å². The van der Waals surface area contributed by atoms with E-state index in [-0.39, 0.29) is 12.5 Å². The highest BCUT2D eigenvalue weighted by Gasteiger charge is 2.63. The standard InChI is InChI=1S/C17H30N2O7/c1-4-5-6-8-7-9(20)17(23)16(24-8)25-15-13(22)10(18-2)12(21)11(19-3)14(15)26-17/h8,10-16,18-19,21-23H,4-7H2,1-3H3/t8?,10?,11?,12?,13?,14?,15?,16?,17-/m0/s1. The number of fused-ring (bicyclic) bond motifs is 2. The predicted octanol–water partition coefficient (Wildman–Crippen LogP) is -1.76. The Morgan fingerprint density at radius 2 is 1.81 bits per heavy atom. The molecule has 0 amide bonds. The van der Waals surface area contributed by atoms with Crippen LogP contribution in [0.2, 0.25) is 0 Å². The van der Waals surface area contributed by atoms with Crippen molar-refractivity contribution in [1.29, 1.82) is 0 Å². The zero-order valence-electron chi connectivity index (χ0n) is 15.4. The van der Waals surface area contributed by atoms with Crippen LogP contribution in [0.5, 0.6) is 0 Å². The molecule has 8 unspecified atom stereocenters. The third kappa shape index (κ3) is 3.20. The molecule has 9 atom stereocenters. The van der Waals surface area contributed by atoms with Crippen LogP contribution in [0.15, 0.2) is 0 Å². The van der Waals surface area contributed by atoms with Gasteiger partial charge in [-0.1, -0.05) is 19.8 Å². The van der Waals surface area contributed by atoms with Gasteiger partial charge in [-0.3, -0.25) is 4.79 Å². The molecular formula is C17H30N2O7. The van der Waals surface area contributed by atoms with Gasteiger partial charge in [0, 0.05) is 6.42 Å². The highest BCUT2D eigenvalue weighted by atomic mass is 16.8. The van der Waals surface area contributed by atoms with Crippen molar-refractivity contribution in [2.75, 3.05) is 14.1 Å². The Morgan fingerprint density at radius 3 is 2.42 bits per heavy atom. The van der Waals surface area contributed by atoms with Gasteiger partial charge in [0.05, 0.1) is 24.3 Å². The second kappa shape index (κ2) is 7.76. The Morgan fingerprint density at radius 1 is 1.12 bits per heavy atom. The smallest absolute Gasteiger partial charge is 0.280 e. The second-order valence-corrected chi connectivity index (χ2v) is 7.35. The number of carbonyl (C=O) groups is 1. The maximum Gasteiger partial charge on any atom is 0.280 e. The minimum atomic E-state index is -2.23. The fourth-order valence-electron chi connectivity index (χ4n) is 4.19. The first-order valence-electron chi connectivity index (χ1n) is 9.32. The number of ketones is 1. The van der Waals surface area contributed by atoms with Gasteiger partial charge in [0.25, 0.3) is 5.79 Å². The molecule has 0 spiro atoms. The van der Waals surface area contributed by atoms with E-state index >= 15 is 0 Å². The third-order valence-corrected chi connectivity index (χ3v) is 5.71. The van der Waals surface area contributed by atoms with Crippen LogP contribution in [0, 0.1) is 0 Å². The normalized spacial score (nSPS) is 48.8. The summed E-state index contributed by atoms with van der Waals surface area (Å²) in [4.78, 5) is 12.6. The molecule has 1 aliphatic carbocycles. The van der Waals surface area contributed by atoms with E-state index < -0.39 is 54.4 Å². The van der Waals surface area contributed by atoms with Gasteiger partial charge >= 0.3 is 0 Å². The van der Waals surface area contributed by atoms with Gasteiger partial charge in [0.1, 0.15) is 18.3 Å². The van der Waals surface area contributed by atoms with Crippen molar-refractivity contribution in [3.05, 3.63) is 0 Å². The maximum atomic E-state index is 12.6. The van der Waals surface area contributed by atoms with E-state index in [1.54, 1.807) is 14.1 Å². The lowest BCUT2D eigenvalue weighted by molar-refractivity contribution is -0.421. The molecule has 5 N–H and O–H groups in total. The van der Waals surface area contributed by atoms with E-state index in [1.807, 2.05) is 6.92 Å². The number of likely N-dealkylation sites (N-methyl/N-ethyl adjacent to an activating group) is 2. The molecule has 3 aliphatic rings. The van der Waals surface area contributed by atoms with Gasteiger partial charge in [-0.15, -0.1) is 0 Å². The lowest BCUT2D eigenvalue weighted by atomic mass is 9.80. The van der Waals surface area contributed by atoms with Crippen molar-refractivity contribution in [3.8, 4) is 0 Å². The average Bonchev–Trinajstić information content (AvgIpc) is 2.61.